The molecule has 2 aliphatic carbocycles. The summed E-state index contributed by atoms with van der Waals surface area (Å²) in [6.45, 7) is 2.61. The molecule has 1 saturated heterocycles. The lowest BCUT2D eigenvalue weighted by Gasteiger charge is -2.29. The lowest BCUT2D eigenvalue weighted by atomic mass is 9.99. The highest BCUT2D eigenvalue weighted by Gasteiger charge is 2.54. The molecule has 3 fully saturated rings. The molecule has 1 unspecified atom stereocenters. The van der Waals surface area contributed by atoms with Gasteiger partial charge in [-0.25, -0.2) is 0 Å². The Labute approximate surface area is 106 Å². The van der Waals surface area contributed by atoms with Gasteiger partial charge in [0.2, 0.25) is 0 Å². The third-order valence-corrected chi connectivity index (χ3v) is 4.81. The number of hydrogen-bond donors (Lipinski definition) is 1. The van der Waals surface area contributed by atoms with Crippen molar-refractivity contribution >= 4 is 0 Å². The molecular weight excluding hydrogens is 241 g/mol. The second kappa shape index (κ2) is 4.37. The topological polar surface area (TPSA) is 15.3 Å². The van der Waals surface area contributed by atoms with Crippen molar-refractivity contribution in [3.05, 3.63) is 0 Å². The van der Waals surface area contributed by atoms with Crippen LogP contribution in [0.2, 0.25) is 0 Å². The first-order valence-electron chi connectivity index (χ1n) is 6.99. The monoisotopic (exact) mass is 262 g/mol. The van der Waals surface area contributed by atoms with Gasteiger partial charge in [0.15, 0.2) is 0 Å². The van der Waals surface area contributed by atoms with Gasteiger partial charge in [-0.2, -0.15) is 13.2 Å². The van der Waals surface area contributed by atoms with Crippen molar-refractivity contribution in [1.82, 2.24) is 10.2 Å². The van der Waals surface area contributed by atoms with E-state index in [2.05, 4.69) is 10.2 Å². The van der Waals surface area contributed by atoms with Gasteiger partial charge in [-0.1, -0.05) is 0 Å². The molecule has 0 aromatic carbocycles. The van der Waals surface area contributed by atoms with Crippen molar-refractivity contribution in [1.29, 1.82) is 0 Å². The lowest BCUT2D eigenvalue weighted by molar-refractivity contribution is -0.176. The average molecular weight is 262 g/mol. The number of alkyl halides is 3. The lowest BCUT2D eigenvalue weighted by Crippen LogP contribution is -2.40. The summed E-state index contributed by atoms with van der Waals surface area (Å²) >= 11 is 0. The van der Waals surface area contributed by atoms with Gasteiger partial charge in [-0.15, -0.1) is 0 Å². The van der Waals surface area contributed by atoms with Gasteiger partial charge in [0.05, 0.1) is 5.92 Å². The molecule has 1 atom stereocenters. The molecule has 0 bridgehead atoms. The molecule has 0 aromatic heterocycles. The minimum atomic E-state index is -4.06. The summed E-state index contributed by atoms with van der Waals surface area (Å²) in [5.74, 6) is -0.381. The van der Waals surface area contributed by atoms with Crippen LogP contribution >= 0.6 is 0 Å². The van der Waals surface area contributed by atoms with Crippen molar-refractivity contribution < 1.29 is 13.2 Å². The van der Waals surface area contributed by atoms with Crippen molar-refractivity contribution in [2.45, 2.75) is 31.9 Å². The molecule has 104 valence electrons. The summed E-state index contributed by atoms with van der Waals surface area (Å²) in [4.78, 5) is 2.06. The van der Waals surface area contributed by atoms with Gasteiger partial charge in [-0.05, 0) is 37.0 Å². The molecular formula is C13H21F3N2. The van der Waals surface area contributed by atoms with Crippen LogP contribution in [0.1, 0.15) is 25.7 Å². The number of nitrogens with zero attached hydrogens (tertiary/aromatic N) is 1. The van der Waals surface area contributed by atoms with Crippen LogP contribution in [-0.2, 0) is 0 Å². The second-order valence-corrected chi connectivity index (χ2v) is 6.31. The normalized spacial score (nSPS) is 33.2. The summed E-state index contributed by atoms with van der Waals surface area (Å²) in [6, 6.07) is 0. The van der Waals surface area contributed by atoms with E-state index in [1.165, 1.54) is 25.7 Å². The van der Waals surface area contributed by atoms with Crippen LogP contribution in [0.4, 0.5) is 13.2 Å². The van der Waals surface area contributed by atoms with E-state index >= 15 is 0 Å². The third-order valence-electron chi connectivity index (χ3n) is 4.81. The zero-order valence-corrected chi connectivity index (χ0v) is 10.6. The van der Waals surface area contributed by atoms with Gasteiger partial charge in [0.1, 0.15) is 0 Å². The molecule has 0 spiro atoms. The Bertz CT molecular complexity index is 308. The van der Waals surface area contributed by atoms with Crippen LogP contribution in [0.15, 0.2) is 0 Å². The molecule has 2 nitrogen and oxygen atoms in total. The van der Waals surface area contributed by atoms with Crippen LogP contribution < -0.4 is 5.32 Å². The van der Waals surface area contributed by atoms with E-state index in [1.54, 1.807) is 0 Å². The standard InChI is InChI=1S/C13H21F3N2/c14-13(15,16)11-7-17-5-6-18(8-11)9-12(3-4-12)10-1-2-10/h10-11,17H,1-9H2. The molecule has 0 radical (unpaired) electrons. The summed E-state index contributed by atoms with van der Waals surface area (Å²) in [5.41, 5.74) is 0.403. The fourth-order valence-electron chi connectivity index (χ4n) is 3.34. The summed E-state index contributed by atoms with van der Waals surface area (Å²) in [5, 5.41) is 2.92. The van der Waals surface area contributed by atoms with E-state index in [1.807, 2.05) is 0 Å². The van der Waals surface area contributed by atoms with Gasteiger partial charge in [-0.3, -0.25) is 0 Å². The Morgan fingerprint density at radius 2 is 1.94 bits per heavy atom. The van der Waals surface area contributed by atoms with Gasteiger partial charge >= 0.3 is 6.18 Å². The van der Waals surface area contributed by atoms with Crippen LogP contribution in [0.5, 0.6) is 0 Å². The van der Waals surface area contributed by atoms with Crippen molar-refractivity contribution in [3.63, 3.8) is 0 Å². The highest BCUT2D eigenvalue weighted by atomic mass is 19.4. The average Bonchev–Trinajstić information content (AvgIpc) is 3.15. The molecule has 0 amide bonds. The Kier molecular flexibility index (Phi) is 3.09. The highest BCUT2D eigenvalue weighted by Crippen LogP contribution is 2.61. The molecule has 18 heavy (non-hydrogen) atoms. The Morgan fingerprint density at radius 1 is 1.22 bits per heavy atom. The molecule has 5 heteroatoms. The summed E-state index contributed by atoms with van der Waals surface area (Å²) in [6.07, 6.45) is 1.01. The first-order chi connectivity index (χ1) is 8.50. The first kappa shape index (κ1) is 12.7. The first-order valence-corrected chi connectivity index (χ1v) is 6.99. The van der Waals surface area contributed by atoms with Gasteiger partial charge in [0, 0.05) is 32.7 Å². The number of nitrogens with one attached hydrogen (secondary N) is 1. The summed E-state index contributed by atoms with van der Waals surface area (Å²) < 4.78 is 38.5. The smallest absolute Gasteiger partial charge is 0.315 e. The highest BCUT2D eigenvalue weighted by molar-refractivity contribution is 5.05. The zero-order valence-electron chi connectivity index (χ0n) is 10.6. The van der Waals surface area contributed by atoms with E-state index in [-0.39, 0.29) is 13.1 Å². The Hall–Kier alpha value is -0.290. The predicted octanol–water partition coefficient (Wildman–Crippen LogP) is 2.26. The number of rotatable bonds is 3. The maximum Gasteiger partial charge on any atom is 0.394 e. The van der Waals surface area contributed by atoms with Crippen LogP contribution in [-0.4, -0.2) is 43.8 Å². The van der Waals surface area contributed by atoms with E-state index < -0.39 is 12.1 Å². The molecule has 2 saturated carbocycles. The molecule has 3 rings (SSSR count). The fourth-order valence-corrected chi connectivity index (χ4v) is 3.34. The van der Waals surface area contributed by atoms with Crippen LogP contribution in [0, 0.1) is 17.3 Å². The van der Waals surface area contributed by atoms with Crippen LogP contribution in [0.3, 0.4) is 0 Å². The van der Waals surface area contributed by atoms with E-state index in [4.69, 9.17) is 0 Å². The Morgan fingerprint density at radius 3 is 2.50 bits per heavy atom. The van der Waals surface area contributed by atoms with Crippen molar-refractivity contribution in [2.75, 3.05) is 32.7 Å². The second-order valence-electron chi connectivity index (χ2n) is 6.31. The van der Waals surface area contributed by atoms with Crippen LogP contribution in [0.25, 0.3) is 0 Å². The molecule has 1 aliphatic heterocycles. The molecule has 0 aromatic rings. The number of halogens is 3. The quantitative estimate of drug-likeness (QED) is 0.839. The maximum absolute atomic E-state index is 12.8. The largest absolute Gasteiger partial charge is 0.394 e. The van der Waals surface area contributed by atoms with Gasteiger partial charge in [0.25, 0.3) is 0 Å². The molecule has 1 N–H and O–H groups in total. The van der Waals surface area contributed by atoms with Gasteiger partial charge < -0.3 is 10.2 Å². The number of hydrogen-bond acceptors (Lipinski definition) is 2. The maximum atomic E-state index is 12.8. The van der Waals surface area contributed by atoms with Crippen molar-refractivity contribution in [2.24, 2.45) is 17.3 Å². The fraction of sp³-hybridized carbons (Fsp3) is 1.00. The van der Waals surface area contributed by atoms with E-state index in [0.717, 1.165) is 19.0 Å². The van der Waals surface area contributed by atoms with Crippen molar-refractivity contribution in [3.8, 4) is 0 Å². The Balaban J connectivity index is 1.60. The van der Waals surface area contributed by atoms with E-state index in [0.29, 0.717) is 12.0 Å². The van der Waals surface area contributed by atoms with E-state index in [9.17, 15) is 13.2 Å². The predicted molar refractivity (Wildman–Crippen MR) is 63.2 cm³/mol. The molecule has 1 heterocycles. The minimum Gasteiger partial charge on any atom is -0.315 e. The minimum absolute atomic E-state index is 0.0798. The SMILES string of the molecule is FC(F)(F)C1CNCCN(CC2(C3CC3)CC2)C1. The third kappa shape index (κ3) is 2.67. The molecule has 3 aliphatic rings. The summed E-state index contributed by atoms with van der Waals surface area (Å²) in [7, 11) is 0. The zero-order chi connectivity index (χ0) is 12.8.